The highest BCUT2D eigenvalue weighted by Gasteiger charge is 2.55. The Balaban J connectivity index is 0. The maximum absolute atomic E-state index is 11.5. The average Bonchev–Trinajstić information content (AvgIpc) is 2.21. The second-order valence-corrected chi connectivity index (χ2v) is 8.96. The van der Waals surface area contributed by atoms with Gasteiger partial charge in [0.15, 0.2) is 0 Å². The Morgan fingerprint density at radius 2 is 1.13 bits per heavy atom. The Morgan fingerprint density at radius 3 is 1.26 bits per heavy atom. The summed E-state index contributed by atoms with van der Waals surface area (Å²) in [6.07, 6.45) is 2.67. The molecule has 0 aliphatic heterocycles. The van der Waals surface area contributed by atoms with Crippen molar-refractivity contribution in [2.24, 2.45) is 0 Å². The molecule has 0 aromatic rings. The van der Waals surface area contributed by atoms with Crippen molar-refractivity contribution in [1.82, 2.24) is 4.13 Å². The van der Waals surface area contributed by atoms with E-state index in [0.717, 1.165) is 4.48 Å². The number of nitrogens with zero attached hydrogens (tertiary/aromatic N) is 1. The van der Waals surface area contributed by atoms with E-state index in [9.17, 15) is 43.2 Å². The Kier molecular flexibility index (Phi) is 8.56. The van der Waals surface area contributed by atoms with E-state index < -0.39 is 35.2 Å². The van der Waals surface area contributed by atoms with Crippen LogP contribution in [0.5, 0.6) is 0 Å². The number of hydrogen-bond acceptors (Lipinski definition) is 4. The van der Waals surface area contributed by atoms with Crippen molar-refractivity contribution < 1.29 is 47.7 Å². The number of unbranched alkanes of at least 4 members (excludes halogenated alkanes) is 1. The van der Waals surface area contributed by atoms with Crippen molar-refractivity contribution in [2.45, 2.75) is 30.8 Å². The van der Waals surface area contributed by atoms with E-state index in [1.807, 2.05) is 0 Å². The van der Waals surface area contributed by atoms with Gasteiger partial charge in [-0.25, -0.2) is 16.8 Å². The Labute approximate surface area is 131 Å². The monoisotopic (exact) mass is 397 g/mol. The standard InChI is InChI=1S/C7H18N.C2HF6NO4S2/c1-5-6-7-8(2,3)4;3-1(4,5)14(10,11)9-15(12,13)2(6,7)8/h5-7H2,1-4H3;9H/q+1;. The normalized spacial score (nSPS) is 14.2. The van der Waals surface area contributed by atoms with Crippen LogP contribution >= 0.6 is 0 Å². The highest BCUT2D eigenvalue weighted by atomic mass is 32.3. The third kappa shape index (κ3) is 9.99. The summed E-state index contributed by atoms with van der Waals surface area (Å²) < 4.78 is 109. The molecule has 23 heavy (non-hydrogen) atoms. The van der Waals surface area contributed by atoms with E-state index in [1.165, 1.54) is 19.4 Å². The third-order valence-electron chi connectivity index (χ3n) is 2.01. The molecule has 0 unspecified atom stereocenters. The minimum atomic E-state index is -6.60. The van der Waals surface area contributed by atoms with Gasteiger partial charge in [-0.2, -0.15) is 26.3 Å². The SMILES string of the molecule is CCCC[N+](C)(C)C.O=S(=O)(NS(=O)(=O)C(F)(F)F)C(F)(F)F. The smallest absolute Gasteiger partial charge is 0.331 e. The second-order valence-electron chi connectivity index (χ2n) is 5.35. The lowest BCUT2D eigenvalue weighted by Gasteiger charge is -2.23. The van der Waals surface area contributed by atoms with Crippen LogP contribution in [0.1, 0.15) is 19.8 Å². The van der Waals surface area contributed by atoms with E-state index in [2.05, 4.69) is 28.1 Å². The van der Waals surface area contributed by atoms with Gasteiger partial charge >= 0.3 is 31.1 Å². The lowest BCUT2D eigenvalue weighted by Crippen LogP contribution is -2.45. The Bertz CT molecular complexity index is 518. The van der Waals surface area contributed by atoms with Crippen LogP contribution in [0.15, 0.2) is 0 Å². The van der Waals surface area contributed by atoms with Crippen molar-refractivity contribution in [3.63, 3.8) is 0 Å². The fourth-order valence-electron chi connectivity index (χ4n) is 0.871. The first-order valence-corrected chi connectivity index (χ1v) is 8.95. The summed E-state index contributed by atoms with van der Waals surface area (Å²) in [6.45, 7) is 3.53. The van der Waals surface area contributed by atoms with Gasteiger partial charge in [0.2, 0.25) is 0 Å². The third-order valence-corrected chi connectivity index (χ3v) is 4.99. The second kappa shape index (κ2) is 7.98. The molecule has 0 heterocycles. The summed E-state index contributed by atoms with van der Waals surface area (Å²) >= 11 is 0. The number of alkyl halides is 6. The molecule has 0 amide bonds. The molecule has 6 nitrogen and oxygen atoms in total. The minimum absolute atomic E-state index is 0.493. The zero-order chi connectivity index (χ0) is 19.3. The molecule has 0 radical (unpaired) electrons. The summed E-state index contributed by atoms with van der Waals surface area (Å²) in [5, 5.41) is 0. The van der Waals surface area contributed by atoms with Crippen molar-refractivity contribution in [3.8, 4) is 0 Å². The molecular formula is C9H19F6N2O4S2+. The van der Waals surface area contributed by atoms with Gasteiger partial charge in [-0.3, -0.25) is 0 Å². The van der Waals surface area contributed by atoms with E-state index >= 15 is 0 Å². The fourth-order valence-corrected chi connectivity index (χ4v) is 2.78. The zero-order valence-corrected chi connectivity index (χ0v) is 14.4. The Morgan fingerprint density at radius 1 is 0.826 bits per heavy atom. The number of quaternary nitrogens is 1. The first-order valence-electron chi connectivity index (χ1n) is 5.98. The molecule has 0 aliphatic carbocycles. The predicted octanol–water partition coefficient (Wildman–Crippen LogP) is 1.77. The number of nitrogens with one attached hydrogen (secondary N) is 1. The van der Waals surface area contributed by atoms with E-state index in [1.54, 1.807) is 0 Å². The molecule has 0 spiro atoms. The number of halogens is 6. The van der Waals surface area contributed by atoms with Gasteiger partial charge in [-0.05, 0) is 6.42 Å². The van der Waals surface area contributed by atoms with Crippen LogP contribution in [-0.4, -0.2) is 60.0 Å². The summed E-state index contributed by atoms with van der Waals surface area (Å²) in [6, 6.07) is 0. The van der Waals surface area contributed by atoms with Gasteiger partial charge in [0.25, 0.3) is 0 Å². The first kappa shape index (κ1) is 24.6. The molecule has 0 rings (SSSR count). The maximum Gasteiger partial charge on any atom is 0.512 e. The molecule has 0 aromatic carbocycles. The summed E-state index contributed by atoms with van der Waals surface area (Å²) in [4.78, 5) is 0. The predicted molar refractivity (Wildman–Crippen MR) is 70.9 cm³/mol. The van der Waals surface area contributed by atoms with Gasteiger partial charge in [0.1, 0.15) is 0 Å². The molecule has 0 fully saturated rings. The van der Waals surface area contributed by atoms with E-state index in [0.29, 0.717) is 0 Å². The van der Waals surface area contributed by atoms with Gasteiger partial charge in [0.05, 0.1) is 27.7 Å². The molecule has 0 saturated heterocycles. The van der Waals surface area contributed by atoms with Gasteiger partial charge in [-0.15, -0.1) is 0 Å². The number of rotatable bonds is 5. The van der Waals surface area contributed by atoms with Crippen LogP contribution in [0.25, 0.3) is 0 Å². The molecule has 0 saturated carbocycles. The molecule has 14 heteroatoms. The lowest BCUT2D eigenvalue weighted by molar-refractivity contribution is -0.870. The van der Waals surface area contributed by atoms with Crippen molar-refractivity contribution in [1.29, 1.82) is 0 Å². The van der Waals surface area contributed by atoms with Crippen molar-refractivity contribution in [3.05, 3.63) is 0 Å². The molecule has 0 atom stereocenters. The molecule has 0 aromatic heterocycles. The van der Waals surface area contributed by atoms with Crippen molar-refractivity contribution >= 4 is 20.0 Å². The minimum Gasteiger partial charge on any atom is -0.331 e. The van der Waals surface area contributed by atoms with Gasteiger partial charge in [-0.1, -0.05) is 17.5 Å². The van der Waals surface area contributed by atoms with Crippen LogP contribution in [0.3, 0.4) is 0 Å². The largest absolute Gasteiger partial charge is 0.512 e. The van der Waals surface area contributed by atoms with Crippen LogP contribution in [0.4, 0.5) is 26.3 Å². The molecule has 0 aliphatic rings. The topological polar surface area (TPSA) is 80.3 Å². The quantitative estimate of drug-likeness (QED) is 0.566. The first-order chi connectivity index (χ1) is 9.77. The van der Waals surface area contributed by atoms with Crippen molar-refractivity contribution in [2.75, 3.05) is 27.7 Å². The summed E-state index contributed by atoms with van der Waals surface area (Å²) in [5.74, 6) is 0. The summed E-state index contributed by atoms with van der Waals surface area (Å²) in [5.41, 5.74) is -12.3. The fraction of sp³-hybridized carbons (Fsp3) is 1.00. The summed E-state index contributed by atoms with van der Waals surface area (Å²) in [7, 11) is -6.50. The van der Waals surface area contributed by atoms with Crippen LogP contribution in [0, 0.1) is 0 Å². The van der Waals surface area contributed by atoms with Crippen LogP contribution in [0.2, 0.25) is 0 Å². The van der Waals surface area contributed by atoms with Gasteiger partial charge < -0.3 is 4.48 Å². The molecule has 142 valence electrons. The Hall–Kier alpha value is -0.600. The van der Waals surface area contributed by atoms with Gasteiger partial charge in [0, 0.05) is 0 Å². The highest BCUT2D eigenvalue weighted by molar-refractivity contribution is 8.05. The highest BCUT2D eigenvalue weighted by Crippen LogP contribution is 2.27. The van der Waals surface area contributed by atoms with E-state index in [-0.39, 0.29) is 0 Å². The average molecular weight is 397 g/mol. The zero-order valence-electron chi connectivity index (χ0n) is 12.8. The van der Waals surface area contributed by atoms with Crippen LogP contribution in [-0.2, 0) is 20.0 Å². The molecule has 0 bridgehead atoms. The van der Waals surface area contributed by atoms with E-state index in [4.69, 9.17) is 0 Å². The maximum atomic E-state index is 11.5. The van der Waals surface area contributed by atoms with Crippen LogP contribution < -0.4 is 4.13 Å². The number of sulfonamides is 2. The molecule has 1 N–H and O–H groups in total. The number of hydrogen-bond donors (Lipinski definition) is 1. The lowest BCUT2D eigenvalue weighted by atomic mass is 10.3. The molecular weight excluding hydrogens is 378 g/mol.